The molecule has 1 aromatic carbocycles. The first-order chi connectivity index (χ1) is 20.2. The van der Waals surface area contributed by atoms with Crippen molar-refractivity contribution in [2.24, 2.45) is 5.92 Å². The van der Waals surface area contributed by atoms with E-state index in [-0.39, 0.29) is 67.3 Å². The molecule has 6 aliphatic heterocycles. The molecule has 0 radical (unpaired) electrons. The summed E-state index contributed by atoms with van der Waals surface area (Å²) in [5.74, 6) is -0.320. The number of carbonyl (C=O) groups excluding carboxylic acids is 2. The van der Waals surface area contributed by atoms with Crippen LogP contribution in [0.2, 0.25) is 0 Å². The zero-order valence-corrected chi connectivity index (χ0v) is 24.8. The van der Waals surface area contributed by atoms with Crippen molar-refractivity contribution >= 4 is 17.5 Å². The van der Waals surface area contributed by atoms with Crippen LogP contribution in [0.1, 0.15) is 44.2 Å². The summed E-state index contributed by atoms with van der Waals surface area (Å²) < 4.78 is 5.90. The maximum Gasteiger partial charge on any atom is 0.250 e. The van der Waals surface area contributed by atoms with Crippen molar-refractivity contribution in [2.75, 3.05) is 45.2 Å². The summed E-state index contributed by atoms with van der Waals surface area (Å²) in [6, 6.07) is 6.65. The third-order valence-corrected chi connectivity index (χ3v) is 10.2. The lowest BCUT2D eigenvalue weighted by molar-refractivity contribution is -0.178. The van der Waals surface area contributed by atoms with Crippen molar-refractivity contribution < 1.29 is 19.4 Å². The number of nitrogens with one attached hydrogen (secondary N) is 4. The number of hydrazine groups is 1. The zero-order chi connectivity index (χ0) is 29.2. The molecule has 0 aromatic heterocycles. The molecule has 6 aliphatic rings. The summed E-state index contributed by atoms with van der Waals surface area (Å²) in [4.78, 5) is 30.8. The Labute approximate surface area is 247 Å². The topological polar surface area (TPSA) is 125 Å². The summed E-state index contributed by atoms with van der Waals surface area (Å²) in [5.41, 5.74) is 3.72. The highest BCUT2D eigenvalue weighted by Gasteiger charge is 2.53. The minimum absolute atomic E-state index is 0.0336. The number of hydrogen-bond donors (Lipinski definition) is 5. The third kappa shape index (κ3) is 4.83. The van der Waals surface area contributed by atoms with Gasteiger partial charge in [0.15, 0.2) is 0 Å². The predicted octanol–water partition coefficient (Wildman–Crippen LogP) is -0.117. The maximum atomic E-state index is 13.8. The summed E-state index contributed by atoms with van der Waals surface area (Å²) in [5, 5.41) is 29.2. The van der Waals surface area contributed by atoms with Crippen molar-refractivity contribution in [1.29, 1.82) is 0 Å². The molecule has 5 N–H and O–H groups in total. The van der Waals surface area contributed by atoms with Gasteiger partial charge < -0.3 is 20.1 Å². The number of carbonyl (C=O) groups is 2. The van der Waals surface area contributed by atoms with Gasteiger partial charge in [-0.1, -0.05) is 18.2 Å². The zero-order valence-electron chi connectivity index (χ0n) is 24.8. The van der Waals surface area contributed by atoms with E-state index in [1.165, 1.54) is 11.1 Å². The molecule has 42 heavy (non-hydrogen) atoms. The monoisotopic (exact) mass is 580 g/mol. The summed E-state index contributed by atoms with van der Waals surface area (Å²) in [7, 11) is 2.18. The molecule has 1 aromatic rings. The first kappa shape index (κ1) is 28.2. The number of aliphatic hydroxyl groups excluding tert-OH is 1. The van der Waals surface area contributed by atoms with Crippen LogP contribution in [0.25, 0.3) is 0 Å². The van der Waals surface area contributed by atoms with Gasteiger partial charge in [-0.05, 0) is 69.8 Å². The fourth-order valence-electron chi connectivity index (χ4n) is 7.58. The second-order valence-corrected chi connectivity index (χ2v) is 13.1. The SMILES string of the molecule is CN1CCc2ccc(NC3NCC4C(=O)N5C/C=C\CC(O)CN6C(=O)COC7CCC(NC76)N5C4N3)cc2C1(C)C. The molecule has 2 amide bonds. The molecular weight excluding hydrogens is 536 g/mol. The molecule has 0 saturated carbocycles. The van der Waals surface area contributed by atoms with Gasteiger partial charge in [-0.3, -0.25) is 35.4 Å². The molecule has 4 fully saturated rings. The molecule has 2 bridgehead atoms. The van der Waals surface area contributed by atoms with Crippen molar-refractivity contribution in [2.45, 2.75) is 82.1 Å². The lowest BCUT2D eigenvalue weighted by Crippen LogP contribution is -2.72. The van der Waals surface area contributed by atoms with E-state index in [9.17, 15) is 14.7 Å². The van der Waals surface area contributed by atoms with Crippen LogP contribution in [0.4, 0.5) is 5.69 Å². The maximum absolute atomic E-state index is 13.8. The number of morpholine rings is 1. The van der Waals surface area contributed by atoms with E-state index in [0.29, 0.717) is 19.5 Å². The Morgan fingerprint density at radius 2 is 1.98 bits per heavy atom. The average Bonchev–Trinajstić information content (AvgIpc) is 3.24. The van der Waals surface area contributed by atoms with Gasteiger partial charge >= 0.3 is 0 Å². The van der Waals surface area contributed by atoms with E-state index in [0.717, 1.165) is 31.5 Å². The standard InChI is InChI=1S/C30H44N8O4/c1-30(2)22-14-19(8-7-18(22)11-13-35(30)3)32-29-31-15-21-26(34-29)38-24-10-9-23-27(33-24)36(25(40)17-42-23)16-20(39)6-4-5-12-37(38)28(21)41/h4-5,7-8,14,20-21,23-24,26-27,29,31-34,39H,6,9-13,15-17H2,1-3H3/b5-4-. The quantitative estimate of drug-likeness (QED) is 0.303. The van der Waals surface area contributed by atoms with Gasteiger partial charge in [0, 0.05) is 30.9 Å². The Bertz CT molecular complexity index is 1260. The van der Waals surface area contributed by atoms with Crippen LogP contribution in [-0.4, -0.2) is 114 Å². The van der Waals surface area contributed by atoms with E-state index < -0.39 is 6.10 Å². The van der Waals surface area contributed by atoms with Crippen LogP contribution < -0.4 is 21.3 Å². The van der Waals surface area contributed by atoms with Gasteiger partial charge in [-0.2, -0.15) is 5.01 Å². The number of hydrogen-bond acceptors (Lipinski definition) is 10. The number of anilines is 1. The molecule has 6 heterocycles. The molecule has 4 saturated heterocycles. The van der Waals surface area contributed by atoms with Crippen LogP contribution in [0, 0.1) is 5.92 Å². The molecule has 228 valence electrons. The molecule has 0 aliphatic carbocycles. The summed E-state index contributed by atoms with van der Waals surface area (Å²) in [6.45, 7) is 6.85. The molecule has 7 rings (SSSR count). The van der Waals surface area contributed by atoms with Crippen molar-refractivity contribution in [3.8, 4) is 0 Å². The summed E-state index contributed by atoms with van der Waals surface area (Å²) in [6.07, 6.45) is 5.02. The number of aliphatic hydroxyl groups is 1. The summed E-state index contributed by atoms with van der Waals surface area (Å²) >= 11 is 0. The second kappa shape index (κ2) is 10.8. The minimum atomic E-state index is -0.675. The second-order valence-electron chi connectivity index (χ2n) is 13.1. The largest absolute Gasteiger partial charge is 0.391 e. The van der Waals surface area contributed by atoms with Crippen LogP contribution in [0.3, 0.4) is 0 Å². The van der Waals surface area contributed by atoms with E-state index in [4.69, 9.17) is 4.74 Å². The molecular formula is C30H44N8O4. The number of fused-ring (bicyclic) bond motifs is 6. The molecule has 7 atom stereocenters. The Kier molecular flexibility index (Phi) is 7.29. The van der Waals surface area contributed by atoms with E-state index in [1.54, 1.807) is 4.90 Å². The Morgan fingerprint density at radius 3 is 2.83 bits per heavy atom. The van der Waals surface area contributed by atoms with Crippen LogP contribution in [0.15, 0.2) is 30.4 Å². The van der Waals surface area contributed by atoms with Crippen LogP contribution in [-0.2, 0) is 26.3 Å². The molecule has 12 nitrogen and oxygen atoms in total. The number of likely N-dealkylation sites (N-methyl/N-ethyl adjacent to an activating group) is 1. The van der Waals surface area contributed by atoms with E-state index in [2.05, 4.69) is 70.3 Å². The fourth-order valence-corrected chi connectivity index (χ4v) is 7.58. The highest BCUT2D eigenvalue weighted by Crippen LogP contribution is 2.37. The lowest BCUT2D eigenvalue weighted by atomic mass is 9.83. The van der Waals surface area contributed by atoms with Crippen LogP contribution in [0.5, 0.6) is 0 Å². The normalized spacial score (nSPS) is 37.7. The third-order valence-electron chi connectivity index (χ3n) is 10.2. The number of piperidine rings is 1. The van der Waals surface area contributed by atoms with Crippen molar-refractivity contribution in [3.05, 3.63) is 41.5 Å². The van der Waals surface area contributed by atoms with Gasteiger partial charge in [0.05, 0.1) is 37.0 Å². The van der Waals surface area contributed by atoms with Gasteiger partial charge in [-0.25, -0.2) is 0 Å². The van der Waals surface area contributed by atoms with Crippen LogP contribution >= 0.6 is 0 Å². The van der Waals surface area contributed by atoms with Crippen molar-refractivity contribution in [1.82, 2.24) is 35.8 Å². The Morgan fingerprint density at radius 1 is 1.12 bits per heavy atom. The molecule has 7 unspecified atom stereocenters. The Balaban J connectivity index is 1.14. The average molecular weight is 581 g/mol. The smallest absolute Gasteiger partial charge is 0.250 e. The number of benzene rings is 1. The molecule has 12 heteroatoms. The predicted molar refractivity (Wildman–Crippen MR) is 156 cm³/mol. The van der Waals surface area contributed by atoms with Gasteiger partial charge in [0.25, 0.3) is 0 Å². The fraction of sp³-hybridized carbons (Fsp3) is 0.667. The first-order valence-corrected chi connectivity index (χ1v) is 15.4. The molecule has 0 spiro atoms. The highest BCUT2D eigenvalue weighted by molar-refractivity contribution is 5.82. The Hall–Kier alpha value is -2.58. The number of amides is 2. The number of rotatable bonds is 2. The van der Waals surface area contributed by atoms with Gasteiger partial charge in [-0.15, -0.1) is 0 Å². The van der Waals surface area contributed by atoms with E-state index in [1.807, 2.05) is 17.2 Å². The first-order valence-electron chi connectivity index (χ1n) is 15.4. The van der Waals surface area contributed by atoms with Gasteiger partial charge in [0.1, 0.15) is 19.1 Å². The van der Waals surface area contributed by atoms with Crippen molar-refractivity contribution in [3.63, 3.8) is 0 Å². The lowest BCUT2D eigenvalue weighted by Gasteiger charge is -2.51. The van der Waals surface area contributed by atoms with Gasteiger partial charge in [0.2, 0.25) is 11.8 Å². The van der Waals surface area contributed by atoms with E-state index >= 15 is 0 Å². The number of nitrogens with zero attached hydrogens (tertiary/aromatic N) is 4. The highest BCUT2D eigenvalue weighted by atomic mass is 16.5. The minimum Gasteiger partial charge on any atom is -0.391 e. The number of ether oxygens (including phenoxy) is 1.